The summed E-state index contributed by atoms with van der Waals surface area (Å²) in [6.45, 7) is 3.88. The van der Waals surface area contributed by atoms with Crippen molar-refractivity contribution in [3.8, 4) is 0 Å². The van der Waals surface area contributed by atoms with Gasteiger partial charge in [0.1, 0.15) is 5.60 Å². The molecule has 1 aliphatic carbocycles. The van der Waals surface area contributed by atoms with Crippen LogP contribution in [0.3, 0.4) is 0 Å². The minimum Gasteiger partial charge on any atom is -0.493 e. The van der Waals surface area contributed by atoms with Crippen LogP contribution in [0, 0.1) is 0 Å². The highest BCUT2D eigenvalue weighted by atomic mass is 16.5. The molecular formula is C12H16O4. The van der Waals surface area contributed by atoms with Crippen molar-refractivity contribution >= 4 is 11.6 Å². The summed E-state index contributed by atoms with van der Waals surface area (Å²) in [7, 11) is 1.40. The fourth-order valence-corrected chi connectivity index (χ4v) is 2.37. The van der Waals surface area contributed by atoms with Gasteiger partial charge in [0.25, 0.3) is 0 Å². The van der Waals surface area contributed by atoms with Crippen LogP contribution in [-0.4, -0.2) is 29.9 Å². The summed E-state index contributed by atoms with van der Waals surface area (Å²) in [4.78, 5) is 23.7. The molecular weight excluding hydrogens is 208 g/mol. The molecule has 16 heavy (non-hydrogen) atoms. The molecule has 0 aromatic rings. The highest BCUT2D eigenvalue weighted by Gasteiger charge is 2.52. The number of carbonyl (C=O) groups is 2. The van der Waals surface area contributed by atoms with E-state index in [1.54, 1.807) is 0 Å². The Bertz CT molecular complexity index is 380. The Morgan fingerprint density at radius 3 is 2.50 bits per heavy atom. The zero-order chi connectivity index (χ0) is 12.0. The molecule has 4 nitrogen and oxygen atoms in total. The zero-order valence-corrected chi connectivity index (χ0v) is 9.83. The molecule has 1 spiro atoms. The molecule has 0 aromatic carbocycles. The molecule has 0 amide bonds. The number of hydrogen-bond donors (Lipinski definition) is 0. The van der Waals surface area contributed by atoms with Gasteiger partial charge in [-0.2, -0.15) is 0 Å². The van der Waals surface area contributed by atoms with Gasteiger partial charge in [-0.1, -0.05) is 0 Å². The molecule has 0 radical (unpaired) electrons. The van der Waals surface area contributed by atoms with E-state index in [0.29, 0.717) is 6.42 Å². The van der Waals surface area contributed by atoms with Gasteiger partial charge < -0.3 is 9.47 Å². The van der Waals surface area contributed by atoms with Crippen molar-refractivity contribution in [3.05, 3.63) is 11.8 Å². The van der Waals surface area contributed by atoms with E-state index in [1.165, 1.54) is 13.2 Å². The highest BCUT2D eigenvalue weighted by molar-refractivity contribution is 6.11. The normalized spacial score (nSPS) is 33.1. The number of hydrogen-bond acceptors (Lipinski definition) is 4. The number of ether oxygens (including phenoxy) is 2. The first kappa shape index (κ1) is 11.3. The lowest BCUT2D eigenvalue weighted by atomic mass is 9.84. The fraction of sp³-hybridized carbons (Fsp3) is 0.667. The van der Waals surface area contributed by atoms with Crippen LogP contribution in [-0.2, 0) is 19.1 Å². The van der Waals surface area contributed by atoms with Crippen molar-refractivity contribution in [2.45, 2.75) is 44.3 Å². The maximum absolute atomic E-state index is 12.0. The van der Waals surface area contributed by atoms with E-state index in [1.807, 2.05) is 13.8 Å². The van der Waals surface area contributed by atoms with Crippen molar-refractivity contribution in [2.24, 2.45) is 0 Å². The molecule has 0 aromatic heterocycles. The quantitative estimate of drug-likeness (QED) is 0.675. The number of methoxy groups -OCH3 is 1. The molecule has 1 heterocycles. The Balaban J connectivity index is 2.30. The Hall–Kier alpha value is -1.16. The predicted molar refractivity (Wildman–Crippen MR) is 56.9 cm³/mol. The van der Waals surface area contributed by atoms with Crippen LogP contribution < -0.4 is 0 Å². The van der Waals surface area contributed by atoms with E-state index >= 15 is 0 Å². The maximum atomic E-state index is 12.0. The Morgan fingerprint density at radius 2 is 2.00 bits per heavy atom. The fourth-order valence-electron chi connectivity index (χ4n) is 2.37. The SMILES string of the molecule is COC1=CC(=O)C2(CCC(C)(C)O2)CC1=O. The third-order valence-corrected chi connectivity index (χ3v) is 3.25. The van der Waals surface area contributed by atoms with Crippen molar-refractivity contribution in [3.63, 3.8) is 0 Å². The topological polar surface area (TPSA) is 52.6 Å². The van der Waals surface area contributed by atoms with E-state index in [2.05, 4.69) is 0 Å². The number of carbonyl (C=O) groups excluding carboxylic acids is 2. The van der Waals surface area contributed by atoms with Crippen LogP contribution in [0.25, 0.3) is 0 Å². The number of Topliss-reactive ketones (excluding diaryl/α,β-unsaturated/α-hetero) is 1. The van der Waals surface area contributed by atoms with Crippen LogP contribution in [0.4, 0.5) is 0 Å². The average molecular weight is 224 g/mol. The van der Waals surface area contributed by atoms with E-state index in [0.717, 1.165) is 6.42 Å². The van der Waals surface area contributed by atoms with Crippen molar-refractivity contribution in [2.75, 3.05) is 7.11 Å². The summed E-state index contributed by atoms with van der Waals surface area (Å²) < 4.78 is 10.6. The minimum atomic E-state index is -0.928. The average Bonchev–Trinajstić information content (AvgIpc) is 2.49. The third-order valence-electron chi connectivity index (χ3n) is 3.25. The largest absolute Gasteiger partial charge is 0.493 e. The molecule has 4 heteroatoms. The van der Waals surface area contributed by atoms with Gasteiger partial charge in [-0.05, 0) is 26.7 Å². The summed E-state index contributed by atoms with van der Waals surface area (Å²) in [5.74, 6) is -0.154. The molecule has 1 unspecified atom stereocenters. The lowest BCUT2D eigenvalue weighted by Gasteiger charge is -2.31. The molecule has 2 rings (SSSR count). The zero-order valence-electron chi connectivity index (χ0n) is 9.83. The Labute approximate surface area is 94.6 Å². The molecule has 0 bridgehead atoms. The molecule has 1 fully saturated rings. The van der Waals surface area contributed by atoms with E-state index in [-0.39, 0.29) is 29.3 Å². The smallest absolute Gasteiger partial charge is 0.200 e. The lowest BCUT2D eigenvalue weighted by molar-refractivity contribution is -0.153. The number of allylic oxidation sites excluding steroid dienone is 1. The number of ketones is 2. The highest BCUT2D eigenvalue weighted by Crippen LogP contribution is 2.42. The molecule has 1 atom stereocenters. The third kappa shape index (κ3) is 1.67. The van der Waals surface area contributed by atoms with Gasteiger partial charge in [-0.15, -0.1) is 0 Å². The molecule has 0 saturated carbocycles. The summed E-state index contributed by atoms with van der Waals surface area (Å²) in [6.07, 6.45) is 2.78. The van der Waals surface area contributed by atoms with E-state index in [4.69, 9.17) is 9.47 Å². The standard InChI is InChI=1S/C12H16O4/c1-11(2)4-5-12(16-11)7-8(13)9(15-3)6-10(12)14/h6H,4-5,7H2,1-3H3. The van der Waals surface area contributed by atoms with E-state index in [9.17, 15) is 9.59 Å². The first-order chi connectivity index (χ1) is 7.38. The minimum absolute atomic E-state index is 0.106. The maximum Gasteiger partial charge on any atom is 0.200 e. The van der Waals surface area contributed by atoms with Crippen LogP contribution >= 0.6 is 0 Å². The van der Waals surface area contributed by atoms with Gasteiger partial charge >= 0.3 is 0 Å². The summed E-state index contributed by atoms with van der Waals surface area (Å²) in [6, 6.07) is 0. The summed E-state index contributed by atoms with van der Waals surface area (Å²) in [5.41, 5.74) is -1.25. The first-order valence-corrected chi connectivity index (χ1v) is 5.42. The van der Waals surface area contributed by atoms with Gasteiger partial charge in [-0.3, -0.25) is 9.59 Å². The summed E-state index contributed by atoms with van der Waals surface area (Å²) in [5, 5.41) is 0. The second-order valence-electron chi connectivity index (χ2n) is 5.03. The van der Waals surface area contributed by atoms with E-state index < -0.39 is 5.60 Å². The number of rotatable bonds is 1. The van der Waals surface area contributed by atoms with Crippen LogP contribution in [0.1, 0.15) is 33.1 Å². The van der Waals surface area contributed by atoms with Gasteiger partial charge in [0.15, 0.2) is 11.5 Å². The molecule has 0 N–H and O–H groups in total. The van der Waals surface area contributed by atoms with Crippen molar-refractivity contribution in [1.82, 2.24) is 0 Å². The van der Waals surface area contributed by atoms with Crippen molar-refractivity contribution in [1.29, 1.82) is 0 Å². The second kappa shape index (κ2) is 3.42. The molecule has 1 aliphatic heterocycles. The van der Waals surface area contributed by atoms with Gasteiger partial charge in [0.05, 0.1) is 19.1 Å². The Morgan fingerprint density at radius 1 is 1.31 bits per heavy atom. The van der Waals surface area contributed by atoms with Crippen LogP contribution in [0.2, 0.25) is 0 Å². The Kier molecular flexibility index (Phi) is 2.42. The molecule has 2 aliphatic rings. The van der Waals surface area contributed by atoms with Gasteiger partial charge in [-0.25, -0.2) is 0 Å². The first-order valence-electron chi connectivity index (χ1n) is 5.42. The second-order valence-corrected chi connectivity index (χ2v) is 5.03. The lowest BCUT2D eigenvalue weighted by Crippen LogP contribution is -2.45. The van der Waals surface area contributed by atoms with Crippen molar-refractivity contribution < 1.29 is 19.1 Å². The molecule has 88 valence electrons. The van der Waals surface area contributed by atoms with Gasteiger partial charge in [0, 0.05) is 6.08 Å². The van der Waals surface area contributed by atoms with Crippen LogP contribution in [0.5, 0.6) is 0 Å². The van der Waals surface area contributed by atoms with Gasteiger partial charge in [0.2, 0.25) is 5.78 Å². The molecule has 1 saturated heterocycles. The summed E-state index contributed by atoms with van der Waals surface area (Å²) >= 11 is 0. The predicted octanol–water partition coefficient (Wildman–Crippen LogP) is 1.39. The van der Waals surface area contributed by atoms with Crippen LogP contribution in [0.15, 0.2) is 11.8 Å². The monoisotopic (exact) mass is 224 g/mol.